The smallest absolute Gasteiger partial charge is 0.195 e. The van der Waals surface area contributed by atoms with Crippen LogP contribution in [0, 0.1) is 0 Å². The Balaban J connectivity index is 1.67. The molecule has 0 spiro atoms. The molecule has 0 radical (unpaired) electrons. The Hall–Kier alpha value is -2.39. The second-order valence-corrected chi connectivity index (χ2v) is 12.6. The van der Waals surface area contributed by atoms with Gasteiger partial charge in [0.2, 0.25) is 0 Å². The fourth-order valence-corrected chi connectivity index (χ4v) is 9.70. The fourth-order valence-electron chi connectivity index (χ4n) is 3.08. The van der Waals surface area contributed by atoms with Gasteiger partial charge in [0.15, 0.2) is 0 Å². The Labute approximate surface area is 186 Å². The first-order valence-corrected chi connectivity index (χ1v) is 13.9. The SMILES string of the molecule is O=S(=O)(NP(c1ccccc1)c1ccccc1)NP(c1ccccc1)c1ccccc1. The first-order chi connectivity index (χ1) is 15.1. The molecule has 156 valence electrons. The van der Waals surface area contributed by atoms with E-state index in [1.54, 1.807) is 0 Å². The zero-order valence-electron chi connectivity index (χ0n) is 16.7. The number of rotatable bonds is 8. The number of benzene rings is 4. The van der Waals surface area contributed by atoms with Crippen molar-refractivity contribution in [2.24, 2.45) is 0 Å². The highest BCUT2D eigenvalue weighted by molar-refractivity contribution is 8.01. The first kappa shape index (κ1) is 21.8. The van der Waals surface area contributed by atoms with E-state index in [0.717, 1.165) is 21.2 Å². The zero-order valence-corrected chi connectivity index (χ0v) is 19.3. The van der Waals surface area contributed by atoms with Gasteiger partial charge in [0, 0.05) is 16.1 Å². The lowest BCUT2D eigenvalue weighted by Crippen LogP contribution is -2.38. The lowest BCUT2D eigenvalue weighted by molar-refractivity contribution is 0.592. The van der Waals surface area contributed by atoms with Crippen molar-refractivity contribution in [3.8, 4) is 0 Å². The van der Waals surface area contributed by atoms with Crippen molar-refractivity contribution in [1.29, 1.82) is 0 Å². The average molecular weight is 464 g/mol. The second-order valence-electron chi connectivity index (χ2n) is 6.70. The average Bonchev–Trinajstić information content (AvgIpc) is 2.83. The van der Waals surface area contributed by atoms with Gasteiger partial charge < -0.3 is 0 Å². The highest BCUT2D eigenvalue weighted by Crippen LogP contribution is 2.33. The summed E-state index contributed by atoms with van der Waals surface area (Å²) in [6.07, 6.45) is 0. The van der Waals surface area contributed by atoms with Crippen molar-refractivity contribution in [1.82, 2.24) is 8.99 Å². The monoisotopic (exact) mass is 464 g/mol. The minimum atomic E-state index is -3.81. The predicted octanol–water partition coefficient (Wildman–Crippen LogP) is 3.51. The zero-order chi connectivity index (χ0) is 21.5. The maximum atomic E-state index is 13.4. The van der Waals surface area contributed by atoms with Crippen molar-refractivity contribution >= 4 is 47.6 Å². The summed E-state index contributed by atoms with van der Waals surface area (Å²) in [6, 6.07) is 38.8. The van der Waals surface area contributed by atoms with E-state index in [-0.39, 0.29) is 0 Å². The summed E-state index contributed by atoms with van der Waals surface area (Å²) >= 11 is 0. The van der Waals surface area contributed by atoms with Crippen LogP contribution in [0.1, 0.15) is 0 Å². The van der Waals surface area contributed by atoms with Gasteiger partial charge in [-0.25, -0.2) is 0 Å². The minimum absolute atomic E-state index is 0.942. The molecule has 4 aromatic carbocycles. The van der Waals surface area contributed by atoms with Crippen LogP contribution in [0.25, 0.3) is 0 Å². The molecule has 0 bridgehead atoms. The molecule has 0 aliphatic heterocycles. The largest absolute Gasteiger partial charge is 0.284 e. The summed E-state index contributed by atoms with van der Waals surface area (Å²) in [6.45, 7) is 0. The molecule has 0 aliphatic carbocycles. The van der Waals surface area contributed by atoms with E-state index in [1.165, 1.54) is 0 Å². The van der Waals surface area contributed by atoms with Crippen LogP contribution in [0.5, 0.6) is 0 Å². The third kappa shape index (κ3) is 5.86. The highest BCUT2D eigenvalue weighted by atomic mass is 32.2. The molecule has 0 saturated heterocycles. The Morgan fingerprint density at radius 2 is 0.645 bits per heavy atom. The Morgan fingerprint density at radius 3 is 0.871 bits per heavy atom. The molecular formula is C24H22N2O2P2S. The van der Waals surface area contributed by atoms with Gasteiger partial charge in [-0.15, -0.1) is 0 Å². The fraction of sp³-hybridized carbons (Fsp3) is 0. The van der Waals surface area contributed by atoms with E-state index in [1.807, 2.05) is 121 Å². The number of hydrogen-bond donors (Lipinski definition) is 2. The molecule has 0 aromatic heterocycles. The standard InChI is InChI=1S/C24H22N2O2P2S/c27-31(28,25-29(21-13-5-1-6-14-21)22-15-7-2-8-16-22)26-30(23-17-9-3-10-18-23)24-19-11-4-12-20-24/h1-20,25-26H. The van der Waals surface area contributed by atoms with E-state index in [0.29, 0.717) is 0 Å². The van der Waals surface area contributed by atoms with E-state index >= 15 is 0 Å². The number of nitrogens with one attached hydrogen (secondary N) is 2. The lowest BCUT2D eigenvalue weighted by Gasteiger charge is -2.24. The van der Waals surface area contributed by atoms with E-state index in [9.17, 15) is 8.42 Å². The molecule has 4 nitrogen and oxygen atoms in total. The summed E-state index contributed by atoms with van der Waals surface area (Å²) in [5.74, 6) is 0. The third-order valence-electron chi connectivity index (χ3n) is 4.48. The van der Waals surface area contributed by atoms with Gasteiger partial charge in [-0.2, -0.15) is 17.4 Å². The molecule has 7 heteroatoms. The van der Waals surface area contributed by atoms with Crippen LogP contribution < -0.4 is 30.2 Å². The quantitative estimate of drug-likeness (QED) is 0.392. The predicted molar refractivity (Wildman–Crippen MR) is 133 cm³/mol. The number of hydrogen-bond acceptors (Lipinski definition) is 2. The first-order valence-electron chi connectivity index (χ1n) is 9.73. The van der Waals surface area contributed by atoms with E-state index in [4.69, 9.17) is 0 Å². The van der Waals surface area contributed by atoms with Gasteiger partial charge in [0.25, 0.3) is 10.2 Å². The van der Waals surface area contributed by atoms with Crippen LogP contribution in [0.3, 0.4) is 0 Å². The van der Waals surface area contributed by atoms with E-state index < -0.39 is 26.4 Å². The molecule has 4 aromatic rings. The summed E-state index contributed by atoms with van der Waals surface area (Å²) in [5, 5.41) is 3.77. The normalized spacial score (nSPS) is 11.7. The van der Waals surface area contributed by atoms with Gasteiger partial charge in [-0.3, -0.25) is 0 Å². The molecule has 0 fully saturated rings. The van der Waals surface area contributed by atoms with Crippen LogP contribution in [0.4, 0.5) is 0 Å². The summed E-state index contributed by atoms with van der Waals surface area (Å²) in [4.78, 5) is 0. The Bertz CT molecular complexity index is 1020. The van der Waals surface area contributed by atoms with Gasteiger partial charge in [0.1, 0.15) is 0 Å². The third-order valence-corrected chi connectivity index (χ3v) is 11.1. The van der Waals surface area contributed by atoms with Crippen molar-refractivity contribution in [3.05, 3.63) is 121 Å². The van der Waals surface area contributed by atoms with Crippen LogP contribution in [0.15, 0.2) is 121 Å². The molecule has 2 N–H and O–H groups in total. The van der Waals surface area contributed by atoms with Crippen LogP contribution in [-0.2, 0) is 10.2 Å². The van der Waals surface area contributed by atoms with Crippen molar-refractivity contribution in [2.45, 2.75) is 0 Å². The molecule has 0 unspecified atom stereocenters. The summed E-state index contributed by atoms with van der Waals surface area (Å²) < 4.78 is 32.6. The van der Waals surface area contributed by atoms with Gasteiger partial charge in [-0.1, -0.05) is 121 Å². The van der Waals surface area contributed by atoms with Crippen molar-refractivity contribution in [3.63, 3.8) is 0 Å². The molecule has 0 heterocycles. The van der Waals surface area contributed by atoms with Gasteiger partial charge in [-0.05, 0) is 21.2 Å². The topological polar surface area (TPSA) is 58.2 Å². The maximum absolute atomic E-state index is 13.4. The molecular weight excluding hydrogens is 442 g/mol. The van der Waals surface area contributed by atoms with Crippen LogP contribution in [-0.4, -0.2) is 8.42 Å². The molecule has 0 aliphatic rings. The molecule has 0 amide bonds. The Kier molecular flexibility index (Phi) is 7.24. The Morgan fingerprint density at radius 1 is 0.419 bits per heavy atom. The molecule has 0 saturated carbocycles. The van der Waals surface area contributed by atoms with Gasteiger partial charge in [0.05, 0.1) is 0 Å². The summed E-state index contributed by atoms with van der Waals surface area (Å²) in [7, 11) is -6.41. The molecule has 4 rings (SSSR count). The lowest BCUT2D eigenvalue weighted by atomic mass is 10.4. The second kappa shape index (κ2) is 10.3. The van der Waals surface area contributed by atoms with Crippen LogP contribution in [0.2, 0.25) is 0 Å². The summed E-state index contributed by atoms with van der Waals surface area (Å²) in [5.41, 5.74) is 0. The van der Waals surface area contributed by atoms with E-state index in [2.05, 4.69) is 8.99 Å². The maximum Gasteiger partial charge on any atom is 0.284 e. The van der Waals surface area contributed by atoms with Crippen molar-refractivity contribution < 1.29 is 8.42 Å². The molecule has 31 heavy (non-hydrogen) atoms. The van der Waals surface area contributed by atoms with Crippen molar-refractivity contribution in [2.75, 3.05) is 0 Å². The molecule has 0 atom stereocenters. The van der Waals surface area contributed by atoms with Crippen LogP contribution >= 0.6 is 16.1 Å². The van der Waals surface area contributed by atoms with Gasteiger partial charge >= 0.3 is 0 Å². The highest BCUT2D eigenvalue weighted by Gasteiger charge is 2.25. The minimum Gasteiger partial charge on any atom is -0.195 e.